The molecule has 17 heavy (non-hydrogen) atoms. The number of benzene rings is 1. The Morgan fingerprint density at radius 3 is 2.53 bits per heavy atom. The van der Waals surface area contributed by atoms with Crippen LogP contribution in [0.4, 0.5) is 0 Å². The Hall–Kier alpha value is -1.49. The van der Waals surface area contributed by atoms with Gasteiger partial charge in [0.1, 0.15) is 6.54 Å². The molecule has 1 aromatic rings. The number of likely N-dealkylation sites (N-methyl/N-ethyl adjacent to an activating group) is 1. The van der Waals surface area contributed by atoms with Gasteiger partial charge in [0, 0.05) is 11.4 Å². The van der Waals surface area contributed by atoms with E-state index in [2.05, 4.69) is 0 Å². The van der Waals surface area contributed by atoms with E-state index < -0.39 is 5.97 Å². The molecule has 0 fully saturated rings. The van der Waals surface area contributed by atoms with Crippen molar-refractivity contribution in [3.05, 3.63) is 29.8 Å². The molecule has 0 aliphatic rings. The minimum atomic E-state index is -0.998. The van der Waals surface area contributed by atoms with Crippen LogP contribution in [0.3, 0.4) is 0 Å². The summed E-state index contributed by atoms with van der Waals surface area (Å²) in [7, 11) is 0. The summed E-state index contributed by atoms with van der Waals surface area (Å²) in [6, 6.07) is 7.21. The van der Waals surface area contributed by atoms with Gasteiger partial charge in [0.05, 0.1) is 5.56 Å². The van der Waals surface area contributed by atoms with E-state index in [1.807, 2.05) is 18.4 Å². The molecule has 0 saturated carbocycles. The molecule has 5 heteroatoms. The molecule has 4 nitrogen and oxygen atoms in total. The summed E-state index contributed by atoms with van der Waals surface area (Å²) in [5.41, 5.74) is 0.558. The second kappa shape index (κ2) is 6.30. The van der Waals surface area contributed by atoms with E-state index in [0.29, 0.717) is 12.1 Å². The number of carbonyl (C=O) groups excluding carboxylic acids is 1. The largest absolute Gasteiger partial charge is 0.480 e. The lowest BCUT2D eigenvalue weighted by atomic mass is 10.2. The minimum absolute atomic E-state index is 0.236. The van der Waals surface area contributed by atoms with Crippen molar-refractivity contribution >= 4 is 23.6 Å². The zero-order valence-corrected chi connectivity index (χ0v) is 10.7. The van der Waals surface area contributed by atoms with E-state index in [1.54, 1.807) is 19.1 Å². The van der Waals surface area contributed by atoms with Gasteiger partial charge in [-0.15, -0.1) is 11.8 Å². The van der Waals surface area contributed by atoms with Crippen molar-refractivity contribution in [3.8, 4) is 0 Å². The minimum Gasteiger partial charge on any atom is -0.480 e. The van der Waals surface area contributed by atoms with Crippen LogP contribution >= 0.6 is 11.8 Å². The third-order valence-electron chi connectivity index (χ3n) is 2.33. The highest BCUT2D eigenvalue weighted by Gasteiger charge is 2.18. The van der Waals surface area contributed by atoms with E-state index in [4.69, 9.17) is 5.11 Å². The van der Waals surface area contributed by atoms with Crippen LogP contribution in [0.25, 0.3) is 0 Å². The molecule has 1 N–H and O–H groups in total. The summed E-state index contributed by atoms with van der Waals surface area (Å²) < 4.78 is 0. The summed E-state index contributed by atoms with van der Waals surface area (Å²) in [4.78, 5) is 25.0. The van der Waals surface area contributed by atoms with Gasteiger partial charge in [-0.2, -0.15) is 0 Å². The molecule has 0 aliphatic carbocycles. The summed E-state index contributed by atoms with van der Waals surface area (Å²) in [6.45, 7) is 1.88. The quantitative estimate of drug-likeness (QED) is 0.815. The van der Waals surface area contributed by atoms with Gasteiger partial charge in [0.25, 0.3) is 5.91 Å². The number of nitrogens with zero attached hydrogens (tertiary/aromatic N) is 1. The van der Waals surface area contributed by atoms with Crippen molar-refractivity contribution in [2.75, 3.05) is 19.3 Å². The van der Waals surface area contributed by atoms with E-state index in [-0.39, 0.29) is 12.5 Å². The summed E-state index contributed by atoms with van der Waals surface area (Å²) >= 11 is 1.48. The van der Waals surface area contributed by atoms with Gasteiger partial charge in [0.15, 0.2) is 0 Å². The molecule has 0 unspecified atom stereocenters. The lowest BCUT2D eigenvalue weighted by Gasteiger charge is -2.19. The first-order chi connectivity index (χ1) is 8.10. The van der Waals surface area contributed by atoms with Crippen molar-refractivity contribution in [2.45, 2.75) is 11.8 Å². The fourth-order valence-corrected chi connectivity index (χ4v) is 2.07. The van der Waals surface area contributed by atoms with Gasteiger partial charge in [0.2, 0.25) is 0 Å². The average Bonchev–Trinajstić information content (AvgIpc) is 2.34. The van der Waals surface area contributed by atoms with Gasteiger partial charge >= 0.3 is 5.97 Å². The standard InChI is InChI=1S/C12H15NO3S/c1-3-13(8-11(14)15)12(16)9-6-4-5-7-10(9)17-2/h4-7H,3,8H2,1-2H3,(H,14,15). The van der Waals surface area contributed by atoms with Gasteiger partial charge < -0.3 is 10.0 Å². The Balaban J connectivity index is 2.97. The van der Waals surface area contributed by atoms with Crippen LogP contribution in [0, 0.1) is 0 Å². The average molecular weight is 253 g/mol. The van der Waals surface area contributed by atoms with Crippen LogP contribution in [0.15, 0.2) is 29.2 Å². The van der Waals surface area contributed by atoms with E-state index in [9.17, 15) is 9.59 Å². The molecule has 0 bridgehead atoms. The molecule has 0 atom stereocenters. The number of carboxylic acid groups (broad SMARTS) is 1. The maximum absolute atomic E-state index is 12.1. The SMILES string of the molecule is CCN(CC(=O)O)C(=O)c1ccccc1SC. The molecule has 0 spiro atoms. The van der Waals surface area contributed by atoms with Crippen LogP contribution in [-0.2, 0) is 4.79 Å². The molecule has 0 aliphatic heterocycles. The number of hydrogen-bond donors (Lipinski definition) is 1. The lowest BCUT2D eigenvalue weighted by molar-refractivity contribution is -0.137. The zero-order valence-electron chi connectivity index (χ0n) is 9.84. The number of amides is 1. The molecule has 0 radical (unpaired) electrons. The van der Waals surface area contributed by atoms with Crippen molar-refractivity contribution in [2.24, 2.45) is 0 Å². The van der Waals surface area contributed by atoms with Gasteiger partial charge in [-0.25, -0.2) is 0 Å². The fraction of sp³-hybridized carbons (Fsp3) is 0.333. The summed E-state index contributed by atoms with van der Waals surface area (Å²) in [5, 5.41) is 8.74. The third kappa shape index (κ3) is 3.49. The highest BCUT2D eigenvalue weighted by Crippen LogP contribution is 2.21. The second-order valence-electron chi connectivity index (χ2n) is 3.41. The maximum Gasteiger partial charge on any atom is 0.323 e. The monoisotopic (exact) mass is 253 g/mol. The van der Waals surface area contributed by atoms with E-state index in [0.717, 1.165) is 4.90 Å². The zero-order chi connectivity index (χ0) is 12.8. The van der Waals surface area contributed by atoms with Crippen LogP contribution in [0.2, 0.25) is 0 Å². The number of carbonyl (C=O) groups is 2. The lowest BCUT2D eigenvalue weighted by Crippen LogP contribution is -2.35. The van der Waals surface area contributed by atoms with Gasteiger partial charge in [-0.05, 0) is 25.3 Å². The molecule has 1 rings (SSSR count). The Labute approximate surface area is 105 Å². The van der Waals surface area contributed by atoms with Gasteiger partial charge in [-0.3, -0.25) is 9.59 Å². The molecular weight excluding hydrogens is 238 g/mol. The van der Waals surface area contributed by atoms with Crippen LogP contribution in [0.1, 0.15) is 17.3 Å². The third-order valence-corrected chi connectivity index (χ3v) is 3.13. The first-order valence-corrected chi connectivity index (χ1v) is 6.46. The van der Waals surface area contributed by atoms with Crippen molar-refractivity contribution in [3.63, 3.8) is 0 Å². The molecular formula is C12H15NO3S. The molecule has 92 valence electrons. The highest BCUT2D eigenvalue weighted by molar-refractivity contribution is 7.98. The maximum atomic E-state index is 12.1. The Kier molecular flexibility index (Phi) is 5.03. The molecule has 0 heterocycles. The first kappa shape index (κ1) is 13.6. The Morgan fingerprint density at radius 2 is 2.00 bits per heavy atom. The van der Waals surface area contributed by atoms with Crippen molar-refractivity contribution in [1.82, 2.24) is 4.90 Å². The fourth-order valence-electron chi connectivity index (χ4n) is 1.48. The highest BCUT2D eigenvalue weighted by atomic mass is 32.2. The van der Waals surface area contributed by atoms with Gasteiger partial charge in [-0.1, -0.05) is 12.1 Å². The smallest absolute Gasteiger partial charge is 0.323 e. The summed E-state index contributed by atoms with van der Waals surface area (Å²) in [5.74, 6) is -1.23. The van der Waals surface area contributed by atoms with Crippen molar-refractivity contribution < 1.29 is 14.7 Å². The predicted molar refractivity (Wildman–Crippen MR) is 67.4 cm³/mol. The second-order valence-corrected chi connectivity index (χ2v) is 4.26. The Bertz CT molecular complexity index is 420. The van der Waals surface area contributed by atoms with Crippen molar-refractivity contribution in [1.29, 1.82) is 0 Å². The normalized spacial score (nSPS) is 10.0. The number of hydrogen-bond acceptors (Lipinski definition) is 3. The predicted octanol–water partition coefficient (Wildman–Crippen LogP) is 1.96. The van der Waals surface area contributed by atoms with Crippen LogP contribution in [0.5, 0.6) is 0 Å². The molecule has 0 aromatic heterocycles. The molecule has 1 amide bonds. The van der Waals surface area contributed by atoms with E-state index in [1.165, 1.54) is 16.7 Å². The number of thioether (sulfide) groups is 1. The number of aliphatic carboxylic acids is 1. The van der Waals surface area contributed by atoms with Crippen LogP contribution < -0.4 is 0 Å². The topological polar surface area (TPSA) is 57.6 Å². The van der Waals surface area contributed by atoms with Crippen LogP contribution in [-0.4, -0.2) is 41.2 Å². The molecule has 0 saturated heterocycles. The van der Waals surface area contributed by atoms with E-state index >= 15 is 0 Å². The number of rotatable bonds is 5. The molecule has 1 aromatic carbocycles. The first-order valence-electron chi connectivity index (χ1n) is 5.24. The summed E-state index contributed by atoms with van der Waals surface area (Å²) in [6.07, 6.45) is 1.89. The number of carboxylic acids is 1. The Morgan fingerprint density at radius 1 is 1.35 bits per heavy atom.